The molecule has 2 aromatic heterocycles. The molecule has 182 valence electrons. The highest BCUT2D eigenvalue weighted by molar-refractivity contribution is 8.26. The van der Waals surface area contributed by atoms with E-state index in [2.05, 4.69) is 0 Å². The van der Waals surface area contributed by atoms with Crippen LogP contribution in [0.1, 0.15) is 11.1 Å². The number of nitrogens with zero attached hydrogens (tertiary/aromatic N) is 3. The molecule has 0 aliphatic carbocycles. The van der Waals surface area contributed by atoms with Gasteiger partial charge in [0, 0.05) is 18.3 Å². The Bertz CT molecular complexity index is 1430. The lowest BCUT2D eigenvalue weighted by atomic mass is 10.1. The number of hydrogen-bond donors (Lipinski definition) is 0. The molecule has 0 saturated carbocycles. The Kier molecular flexibility index (Phi) is 7.22. The highest BCUT2D eigenvalue weighted by Gasteiger charge is 2.32. The first kappa shape index (κ1) is 24.3. The minimum absolute atomic E-state index is 0.0879. The zero-order valence-electron chi connectivity index (χ0n) is 19.7. The van der Waals surface area contributed by atoms with E-state index in [0.29, 0.717) is 33.7 Å². The third-order valence-corrected chi connectivity index (χ3v) is 8.00. The second-order valence-electron chi connectivity index (χ2n) is 7.96. The number of carbonyl (C=O) groups excluding carboxylic acids is 1. The number of thiophene rings is 1. The summed E-state index contributed by atoms with van der Waals surface area (Å²) in [4.78, 5) is 16.6. The summed E-state index contributed by atoms with van der Waals surface area (Å²) >= 11 is 8.52. The maximum atomic E-state index is 13.3. The van der Waals surface area contributed by atoms with Crippen LogP contribution in [-0.2, 0) is 11.2 Å². The summed E-state index contributed by atoms with van der Waals surface area (Å²) in [6.07, 6.45) is 4.50. The highest BCUT2D eigenvalue weighted by Crippen LogP contribution is 2.36. The molecule has 0 radical (unpaired) electrons. The number of carbonyl (C=O) groups is 1. The summed E-state index contributed by atoms with van der Waals surface area (Å²) in [5.41, 5.74) is 3.71. The topological polar surface area (TPSA) is 56.6 Å². The number of amides is 1. The lowest BCUT2D eigenvalue weighted by Gasteiger charge is -2.15. The van der Waals surface area contributed by atoms with Gasteiger partial charge in [-0.15, -0.1) is 11.3 Å². The molecule has 0 unspecified atom stereocenters. The smallest absolute Gasteiger partial charge is 0.266 e. The third kappa shape index (κ3) is 4.95. The number of benzene rings is 2. The molecule has 5 rings (SSSR count). The average molecular weight is 534 g/mol. The monoisotopic (exact) mass is 533 g/mol. The van der Waals surface area contributed by atoms with Crippen molar-refractivity contribution in [3.63, 3.8) is 0 Å². The zero-order chi connectivity index (χ0) is 25.1. The van der Waals surface area contributed by atoms with Crippen LogP contribution in [0, 0.1) is 0 Å². The number of methoxy groups -OCH3 is 2. The molecule has 1 aliphatic heterocycles. The van der Waals surface area contributed by atoms with Crippen molar-refractivity contribution in [3.05, 3.63) is 88.3 Å². The van der Waals surface area contributed by atoms with Crippen molar-refractivity contribution in [3.8, 4) is 27.8 Å². The van der Waals surface area contributed by atoms with E-state index in [-0.39, 0.29) is 5.91 Å². The molecule has 1 fully saturated rings. The van der Waals surface area contributed by atoms with Gasteiger partial charge in [-0.2, -0.15) is 5.10 Å². The number of rotatable bonds is 8. The van der Waals surface area contributed by atoms with Gasteiger partial charge in [0.15, 0.2) is 11.5 Å². The maximum Gasteiger partial charge on any atom is 0.266 e. The molecular formula is C27H23N3O3S3. The summed E-state index contributed by atoms with van der Waals surface area (Å²) in [6, 6.07) is 19.7. The van der Waals surface area contributed by atoms with Crippen LogP contribution in [0.15, 0.2) is 77.1 Å². The molecule has 4 aromatic rings. The lowest BCUT2D eigenvalue weighted by Crippen LogP contribution is -2.30. The largest absolute Gasteiger partial charge is 0.493 e. The zero-order valence-corrected chi connectivity index (χ0v) is 22.2. The van der Waals surface area contributed by atoms with Crippen LogP contribution < -0.4 is 9.47 Å². The number of hydrogen-bond acceptors (Lipinski definition) is 7. The Morgan fingerprint density at radius 2 is 1.83 bits per heavy atom. The second kappa shape index (κ2) is 10.7. The lowest BCUT2D eigenvalue weighted by molar-refractivity contribution is -0.122. The predicted octanol–water partition coefficient (Wildman–Crippen LogP) is 6.06. The highest BCUT2D eigenvalue weighted by atomic mass is 32.2. The van der Waals surface area contributed by atoms with Crippen LogP contribution in [0.2, 0.25) is 0 Å². The Hall–Kier alpha value is -3.40. The normalized spacial score (nSPS) is 14.6. The molecule has 9 heteroatoms. The molecule has 0 atom stereocenters. The van der Waals surface area contributed by atoms with Gasteiger partial charge in [-0.05, 0) is 53.8 Å². The first-order valence-corrected chi connectivity index (χ1v) is 13.3. The van der Waals surface area contributed by atoms with Crippen molar-refractivity contribution < 1.29 is 14.3 Å². The van der Waals surface area contributed by atoms with E-state index in [1.54, 1.807) is 30.5 Å². The van der Waals surface area contributed by atoms with E-state index < -0.39 is 0 Å². The fraction of sp³-hybridized carbons (Fsp3) is 0.148. The summed E-state index contributed by atoms with van der Waals surface area (Å²) < 4.78 is 13.1. The number of para-hydroxylation sites is 1. The Morgan fingerprint density at radius 3 is 2.56 bits per heavy atom. The average Bonchev–Trinajstić information content (AvgIpc) is 3.64. The van der Waals surface area contributed by atoms with E-state index in [4.69, 9.17) is 26.8 Å². The summed E-state index contributed by atoms with van der Waals surface area (Å²) in [5, 5.41) is 6.85. The van der Waals surface area contributed by atoms with Crippen LogP contribution in [-0.4, -0.2) is 45.7 Å². The number of ether oxygens (including phenoxy) is 2. The van der Waals surface area contributed by atoms with E-state index in [9.17, 15) is 4.79 Å². The van der Waals surface area contributed by atoms with Gasteiger partial charge in [0.2, 0.25) is 0 Å². The molecule has 0 N–H and O–H groups in total. The quantitative estimate of drug-likeness (QED) is 0.203. The van der Waals surface area contributed by atoms with E-state index in [1.165, 1.54) is 11.8 Å². The van der Waals surface area contributed by atoms with Crippen molar-refractivity contribution in [1.29, 1.82) is 0 Å². The molecule has 1 amide bonds. The van der Waals surface area contributed by atoms with Crippen molar-refractivity contribution in [2.24, 2.45) is 0 Å². The summed E-state index contributed by atoms with van der Waals surface area (Å²) in [7, 11) is 3.22. The van der Waals surface area contributed by atoms with Gasteiger partial charge in [0.25, 0.3) is 5.91 Å². The molecule has 0 bridgehead atoms. The SMILES string of the molecule is COc1ccc(CCN2C(=O)C(=Cc3cn(-c4ccccc4)nc3-c3cccs3)SC2=S)cc1OC. The van der Waals surface area contributed by atoms with Gasteiger partial charge in [-0.1, -0.05) is 54.3 Å². The fourth-order valence-corrected chi connectivity index (χ4v) is 5.95. The third-order valence-electron chi connectivity index (χ3n) is 5.75. The number of thiocarbonyl (C=S) groups is 1. The predicted molar refractivity (Wildman–Crippen MR) is 150 cm³/mol. The number of aromatic nitrogens is 2. The Balaban J connectivity index is 1.39. The van der Waals surface area contributed by atoms with Gasteiger partial charge >= 0.3 is 0 Å². The molecule has 36 heavy (non-hydrogen) atoms. The van der Waals surface area contributed by atoms with Crippen LogP contribution in [0.25, 0.3) is 22.3 Å². The van der Waals surface area contributed by atoms with E-state index >= 15 is 0 Å². The van der Waals surface area contributed by atoms with Crippen LogP contribution >= 0.6 is 35.3 Å². The van der Waals surface area contributed by atoms with Crippen LogP contribution in [0.4, 0.5) is 0 Å². The minimum atomic E-state index is -0.0879. The summed E-state index contributed by atoms with van der Waals surface area (Å²) in [5.74, 6) is 1.25. The van der Waals surface area contributed by atoms with Crippen molar-refractivity contribution in [2.75, 3.05) is 20.8 Å². The first-order chi connectivity index (χ1) is 17.6. The molecule has 0 spiro atoms. The molecule has 3 heterocycles. The molecule has 1 aliphatic rings. The van der Waals surface area contributed by atoms with Crippen molar-refractivity contribution in [1.82, 2.24) is 14.7 Å². The van der Waals surface area contributed by atoms with Gasteiger partial charge in [0.1, 0.15) is 10.0 Å². The van der Waals surface area contributed by atoms with Gasteiger partial charge in [-0.25, -0.2) is 4.68 Å². The fourth-order valence-electron chi connectivity index (χ4n) is 3.92. The van der Waals surface area contributed by atoms with Gasteiger partial charge in [0.05, 0.1) is 29.7 Å². The summed E-state index contributed by atoms with van der Waals surface area (Å²) in [6.45, 7) is 0.485. The molecule has 1 saturated heterocycles. The first-order valence-electron chi connectivity index (χ1n) is 11.2. The second-order valence-corrected chi connectivity index (χ2v) is 10.6. The van der Waals surface area contributed by atoms with Gasteiger partial charge < -0.3 is 9.47 Å². The van der Waals surface area contributed by atoms with Crippen molar-refractivity contribution in [2.45, 2.75) is 6.42 Å². The van der Waals surface area contributed by atoms with Crippen molar-refractivity contribution >= 4 is 51.6 Å². The Morgan fingerprint density at radius 1 is 1.03 bits per heavy atom. The number of thioether (sulfide) groups is 1. The van der Waals surface area contributed by atoms with Crippen LogP contribution in [0.5, 0.6) is 11.5 Å². The van der Waals surface area contributed by atoms with Crippen LogP contribution in [0.3, 0.4) is 0 Å². The molecular weight excluding hydrogens is 511 g/mol. The molecule has 2 aromatic carbocycles. The van der Waals surface area contributed by atoms with E-state index in [0.717, 1.165) is 27.4 Å². The Labute approximate surface area is 223 Å². The minimum Gasteiger partial charge on any atom is -0.493 e. The van der Waals surface area contributed by atoms with Gasteiger partial charge in [-0.3, -0.25) is 9.69 Å². The molecule has 6 nitrogen and oxygen atoms in total. The maximum absolute atomic E-state index is 13.3. The van der Waals surface area contributed by atoms with E-state index in [1.807, 2.05) is 83.0 Å². The standard InChI is InChI=1S/C27H23N3O3S3/c1-32-21-11-10-18(15-22(21)33-2)12-13-29-26(31)24(36-27(29)34)16-19-17-30(20-7-4-3-5-8-20)28-25(19)23-9-6-14-35-23/h3-11,14-17H,12-13H2,1-2H3.